The minimum absolute atomic E-state index is 0.0177. The van der Waals surface area contributed by atoms with Gasteiger partial charge in [0, 0.05) is 12.7 Å². The molecule has 2 rings (SSSR count). The molecule has 3 N–H and O–H groups in total. The van der Waals surface area contributed by atoms with Crippen LogP contribution >= 0.6 is 11.3 Å². The molecule has 0 spiro atoms. The zero-order valence-corrected chi connectivity index (χ0v) is 10.5. The Morgan fingerprint density at radius 1 is 1.33 bits per heavy atom. The Morgan fingerprint density at radius 3 is 2.61 bits per heavy atom. The van der Waals surface area contributed by atoms with Gasteiger partial charge in [0.25, 0.3) is 5.91 Å². The van der Waals surface area contributed by atoms with E-state index in [1.807, 2.05) is 0 Å². The van der Waals surface area contributed by atoms with Gasteiger partial charge in [0.05, 0.1) is 6.61 Å². The summed E-state index contributed by atoms with van der Waals surface area (Å²) in [4.78, 5) is 11.8. The van der Waals surface area contributed by atoms with Crippen LogP contribution in [0.2, 0.25) is 0 Å². The second-order valence-electron chi connectivity index (χ2n) is 3.47. The maximum absolute atomic E-state index is 11.8. The average Bonchev–Trinajstić information content (AvgIpc) is 2.88. The van der Waals surface area contributed by atoms with Crippen molar-refractivity contribution in [3.8, 4) is 0 Å². The molecular formula is C11H12N4O2S. The van der Waals surface area contributed by atoms with Crippen LogP contribution < -0.4 is 10.6 Å². The highest BCUT2D eigenvalue weighted by molar-refractivity contribution is 7.17. The number of aromatic nitrogens is 2. The number of carbonyl (C=O) groups is 1. The van der Waals surface area contributed by atoms with E-state index >= 15 is 0 Å². The second kappa shape index (κ2) is 5.56. The lowest BCUT2D eigenvalue weighted by Gasteiger charge is -2.03. The van der Waals surface area contributed by atoms with Gasteiger partial charge in [-0.25, -0.2) is 0 Å². The van der Waals surface area contributed by atoms with Crippen molar-refractivity contribution in [2.24, 2.45) is 0 Å². The minimum Gasteiger partial charge on any atom is -0.392 e. The average molecular weight is 264 g/mol. The molecule has 18 heavy (non-hydrogen) atoms. The first kappa shape index (κ1) is 12.5. The summed E-state index contributed by atoms with van der Waals surface area (Å²) in [5.74, 6) is -0.300. The zero-order chi connectivity index (χ0) is 13.0. The Hall–Kier alpha value is -1.99. The molecule has 94 valence electrons. The standard InChI is InChI=1S/C11H12N4O2S/c1-12-11-15-14-10(18-11)9(17)13-8-4-2-7(6-16)3-5-8/h2-5,16H,6H2,1H3,(H,12,15)(H,13,17). The summed E-state index contributed by atoms with van der Waals surface area (Å²) >= 11 is 1.18. The molecule has 0 bridgehead atoms. The number of aliphatic hydroxyl groups excluding tert-OH is 1. The first-order valence-corrected chi connectivity index (χ1v) is 6.07. The largest absolute Gasteiger partial charge is 0.392 e. The number of aliphatic hydroxyl groups is 1. The molecule has 2 aromatic rings. The number of amides is 1. The highest BCUT2D eigenvalue weighted by Gasteiger charge is 2.12. The number of carbonyl (C=O) groups excluding carboxylic acids is 1. The summed E-state index contributed by atoms with van der Waals surface area (Å²) in [6.45, 7) is -0.0177. The van der Waals surface area contributed by atoms with E-state index in [2.05, 4.69) is 20.8 Å². The molecule has 1 aromatic carbocycles. The van der Waals surface area contributed by atoms with E-state index in [0.717, 1.165) is 5.56 Å². The van der Waals surface area contributed by atoms with Crippen LogP contribution in [0.15, 0.2) is 24.3 Å². The van der Waals surface area contributed by atoms with Crippen molar-refractivity contribution in [3.05, 3.63) is 34.8 Å². The lowest BCUT2D eigenvalue weighted by molar-refractivity contribution is 0.102. The number of hydrogen-bond acceptors (Lipinski definition) is 6. The highest BCUT2D eigenvalue weighted by Crippen LogP contribution is 2.16. The molecule has 0 saturated heterocycles. The number of hydrogen-bond donors (Lipinski definition) is 3. The predicted octanol–water partition coefficient (Wildman–Crippen LogP) is 1.32. The number of anilines is 2. The van der Waals surface area contributed by atoms with E-state index in [1.165, 1.54) is 11.3 Å². The number of rotatable bonds is 4. The third-order valence-corrected chi connectivity index (χ3v) is 3.17. The quantitative estimate of drug-likeness (QED) is 0.775. The van der Waals surface area contributed by atoms with Crippen LogP contribution in [0.1, 0.15) is 15.4 Å². The Morgan fingerprint density at radius 2 is 2.06 bits per heavy atom. The summed E-state index contributed by atoms with van der Waals surface area (Å²) in [6, 6.07) is 6.94. The third kappa shape index (κ3) is 2.82. The van der Waals surface area contributed by atoms with Crippen molar-refractivity contribution >= 4 is 28.1 Å². The van der Waals surface area contributed by atoms with Crippen LogP contribution in [0.5, 0.6) is 0 Å². The highest BCUT2D eigenvalue weighted by atomic mass is 32.1. The molecule has 0 aliphatic carbocycles. The molecule has 1 aromatic heterocycles. The molecule has 1 amide bonds. The lowest BCUT2D eigenvalue weighted by Crippen LogP contribution is -2.11. The summed E-state index contributed by atoms with van der Waals surface area (Å²) in [6.07, 6.45) is 0. The van der Waals surface area contributed by atoms with Gasteiger partial charge in [-0.1, -0.05) is 23.5 Å². The van der Waals surface area contributed by atoms with Gasteiger partial charge in [-0.2, -0.15) is 0 Å². The number of nitrogens with one attached hydrogen (secondary N) is 2. The molecule has 0 saturated carbocycles. The maximum atomic E-state index is 11.8. The van der Waals surface area contributed by atoms with E-state index in [1.54, 1.807) is 31.3 Å². The van der Waals surface area contributed by atoms with Crippen LogP contribution in [0.4, 0.5) is 10.8 Å². The van der Waals surface area contributed by atoms with E-state index in [9.17, 15) is 4.79 Å². The molecule has 0 aliphatic rings. The fraction of sp³-hybridized carbons (Fsp3) is 0.182. The maximum Gasteiger partial charge on any atom is 0.286 e. The monoisotopic (exact) mass is 264 g/mol. The lowest BCUT2D eigenvalue weighted by atomic mass is 10.2. The number of nitrogens with zero attached hydrogens (tertiary/aromatic N) is 2. The first-order chi connectivity index (χ1) is 8.72. The number of benzene rings is 1. The Kier molecular flexibility index (Phi) is 3.85. The second-order valence-corrected chi connectivity index (χ2v) is 4.45. The van der Waals surface area contributed by atoms with Gasteiger partial charge in [0.1, 0.15) is 0 Å². The zero-order valence-electron chi connectivity index (χ0n) is 9.67. The topological polar surface area (TPSA) is 87.1 Å². The molecule has 1 heterocycles. The van der Waals surface area contributed by atoms with E-state index < -0.39 is 0 Å². The molecule has 0 atom stereocenters. The molecule has 0 fully saturated rings. The Bertz CT molecular complexity index is 538. The van der Waals surface area contributed by atoms with Crippen molar-refractivity contribution in [1.29, 1.82) is 0 Å². The summed E-state index contributed by atoms with van der Waals surface area (Å²) in [5, 5.41) is 22.9. The van der Waals surface area contributed by atoms with E-state index in [4.69, 9.17) is 5.11 Å². The summed E-state index contributed by atoms with van der Waals surface area (Å²) < 4.78 is 0. The molecule has 0 radical (unpaired) electrons. The third-order valence-electron chi connectivity index (χ3n) is 2.23. The van der Waals surface area contributed by atoms with Gasteiger partial charge in [0.2, 0.25) is 10.1 Å². The van der Waals surface area contributed by atoms with Gasteiger partial charge in [0.15, 0.2) is 0 Å². The molecular weight excluding hydrogens is 252 g/mol. The van der Waals surface area contributed by atoms with Gasteiger partial charge in [-0.05, 0) is 17.7 Å². The fourth-order valence-electron chi connectivity index (χ4n) is 1.29. The first-order valence-electron chi connectivity index (χ1n) is 5.25. The summed E-state index contributed by atoms with van der Waals surface area (Å²) in [7, 11) is 1.72. The van der Waals surface area contributed by atoms with Crippen molar-refractivity contribution in [2.45, 2.75) is 6.61 Å². The Labute approximate surface area is 108 Å². The fourth-order valence-corrected chi connectivity index (χ4v) is 1.89. The van der Waals surface area contributed by atoms with E-state index in [0.29, 0.717) is 15.8 Å². The van der Waals surface area contributed by atoms with Crippen LogP contribution in [0.3, 0.4) is 0 Å². The van der Waals surface area contributed by atoms with Crippen molar-refractivity contribution < 1.29 is 9.90 Å². The molecule has 7 heteroatoms. The van der Waals surface area contributed by atoms with Crippen LogP contribution in [-0.2, 0) is 6.61 Å². The van der Waals surface area contributed by atoms with Crippen LogP contribution in [0, 0.1) is 0 Å². The van der Waals surface area contributed by atoms with Gasteiger partial charge >= 0.3 is 0 Å². The van der Waals surface area contributed by atoms with Gasteiger partial charge < -0.3 is 15.7 Å². The Balaban J connectivity index is 2.06. The SMILES string of the molecule is CNc1nnc(C(=O)Nc2ccc(CO)cc2)s1. The normalized spacial score (nSPS) is 10.1. The molecule has 0 unspecified atom stereocenters. The van der Waals surface area contributed by atoms with Gasteiger partial charge in [-0.15, -0.1) is 10.2 Å². The van der Waals surface area contributed by atoms with Gasteiger partial charge in [-0.3, -0.25) is 4.79 Å². The molecule has 0 aliphatic heterocycles. The predicted molar refractivity (Wildman–Crippen MR) is 69.8 cm³/mol. The smallest absolute Gasteiger partial charge is 0.286 e. The summed E-state index contributed by atoms with van der Waals surface area (Å²) in [5.41, 5.74) is 1.44. The van der Waals surface area contributed by atoms with Crippen molar-refractivity contribution in [2.75, 3.05) is 17.7 Å². The van der Waals surface area contributed by atoms with Crippen molar-refractivity contribution in [3.63, 3.8) is 0 Å². The molecule has 6 nitrogen and oxygen atoms in total. The van der Waals surface area contributed by atoms with E-state index in [-0.39, 0.29) is 12.5 Å². The van der Waals surface area contributed by atoms with Crippen molar-refractivity contribution in [1.82, 2.24) is 10.2 Å². The van der Waals surface area contributed by atoms with Crippen LogP contribution in [0.25, 0.3) is 0 Å². The van der Waals surface area contributed by atoms with Crippen LogP contribution in [-0.4, -0.2) is 28.3 Å². The minimum atomic E-state index is -0.300.